The van der Waals surface area contributed by atoms with Gasteiger partial charge in [-0.05, 0) is 78.1 Å². The molecular formula is C24H42O4. The third-order valence-corrected chi connectivity index (χ3v) is 6.94. The molecule has 0 aliphatic heterocycles. The minimum atomic E-state index is -0.375. The Labute approximate surface area is 172 Å². The first kappa shape index (κ1) is 23.2. The van der Waals surface area contributed by atoms with Gasteiger partial charge in [-0.3, -0.25) is 9.59 Å². The summed E-state index contributed by atoms with van der Waals surface area (Å²) in [6.45, 7) is 8.19. The van der Waals surface area contributed by atoms with Gasteiger partial charge in [-0.1, -0.05) is 38.5 Å². The summed E-state index contributed by atoms with van der Waals surface area (Å²) >= 11 is 0. The largest absolute Gasteiger partial charge is 0.459 e. The molecule has 2 saturated carbocycles. The van der Waals surface area contributed by atoms with Crippen LogP contribution in [0.3, 0.4) is 0 Å². The number of ether oxygens (including phenoxy) is 2. The summed E-state index contributed by atoms with van der Waals surface area (Å²) < 4.78 is 11.6. The van der Waals surface area contributed by atoms with Crippen LogP contribution in [0.5, 0.6) is 0 Å². The number of hydrogen-bond acceptors (Lipinski definition) is 4. The summed E-state index contributed by atoms with van der Waals surface area (Å²) in [5, 5.41) is 0. The van der Waals surface area contributed by atoms with Crippen molar-refractivity contribution in [2.45, 2.75) is 129 Å². The van der Waals surface area contributed by atoms with Crippen LogP contribution in [0.2, 0.25) is 0 Å². The van der Waals surface area contributed by atoms with Crippen LogP contribution in [-0.4, -0.2) is 23.1 Å². The third kappa shape index (κ3) is 7.40. The molecule has 4 heteroatoms. The smallest absolute Gasteiger partial charge is 0.306 e. The number of hydrogen-bond donors (Lipinski definition) is 0. The highest BCUT2D eigenvalue weighted by Gasteiger charge is 2.35. The van der Waals surface area contributed by atoms with Gasteiger partial charge in [-0.15, -0.1) is 0 Å². The zero-order valence-electron chi connectivity index (χ0n) is 18.7. The lowest BCUT2D eigenvalue weighted by molar-refractivity contribution is -0.165. The highest BCUT2D eigenvalue weighted by atomic mass is 16.6. The Morgan fingerprint density at radius 1 is 0.643 bits per heavy atom. The monoisotopic (exact) mass is 394 g/mol. The second-order valence-corrected chi connectivity index (χ2v) is 10.0. The van der Waals surface area contributed by atoms with Crippen molar-refractivity contribution in [3.05, 3.63) is 0 Å². The first-order valence-electron chi connectivity index (χ1n) is 11.6. The van der Waals surface area contributed by atoms with Crippen molar-refractivity contribution >= 4 is 11.9 Å². The van der Waals surface area contributed by atoms with E-state index < -0.39 is 0 Å². The number of esters is 2. The van der Waals surface area contributed by atoms with E-state index >= 15 is 0 Å². The van der Waals surface area contributed by atoms with Crippen LogP contribution < -0.4 is 0 Å². The van der Waals surface area contributed by atoms with E-state index in [1.54, 1.807) is 0 Å². The fraction of sp³-hybridized carbons (Fsp3) is 0.917. The van der Waals surface area contributed by atoms with Gasteiger partial charge >= 0.3 is 11.9 Å². The molecule has 28 heavy (non-hydrogen) atoms. The van der Waals surface area contributed by atoms with Crippen LogP contribution >= 0.6 is 0 Å². The maximum Gasteiger partial charge on any atom is 0.306 e. The molecule has 162 valence electrons. The lowest BCUT2D eigenvalue weighted by Crippen LogP contribution is -2.38. The van der Waals surface area contributed by atoms with E-state index in [9.17, 15) is 9.59 Å². The van der Waals surface area contributed by atoms with Gasteiger partial charge in [0.15, 0.2) is 0 Å². The topological polar surface area (TPSA) is 52.6 Å². The molecule has 0 aromatic carbocycles. The van der Waals surface area contributed by atoms with Crippen molar-refractivity contribution in [2.24, 2.45) is 11.8 Å². The summed E-state index contributed by atoms with van der Waals surface area (Å²) in [6.07, 6.45) is 14.3. The summed E-state index contributed by atoms with van der Waals surface area (Å²) in [7, 11) is 0. The second kappa shape index (κ2) is 10.6. The van der Waals surface area contributed by atoms with Gasteiger partial charge in [0, 0.05) is 12.8 Å². The van der Waals surface area contributed by atoms with Gasteiger partial charge < -0.3 is 9.47 Å². The summed E-state index contributed by atoms with van der Waals surface area (Å²) in [5.41, 5.74) is -0.749. The molecule has 0 N–H and O–H groups in total. The molecule has 2 aliphatic rings. The van der Waals surface area contributed by atoms with Gasteiger partial charge in [0.25, 0.3) is 0 Å². The number of rotatable bonds is 9. The molecule has 0 aromatic heterocycles. The van der Waals surface area contributed by atoms with Crippen LogP contribution in [0.25, 0.3) is 0 Å². The van der Waals surface area contributed by atoms with E-state index in [4.69, 9.17) is 9.47 Å². The molecule has 0 amide bonds. The van der Waals surface area contributed by atoms with Crippen LogP contribution in [0.4, 0.5) is 0 Å². The van der Waals surface area contributed by atoms with E-state index in [1.165, 1.54) is 38.5 Å². The molecule has 0 atom stereocenters. The molecule has 0 aromatic rings. The quantitative estimate of drug-likeness (QED) is 0.338. The Hall–Kier alpha value is -1.06. The zero-order chi connectivity index (χ0) is 20.6. The van der Waals surface area contributed by atoms with Gasteiger partial charge in [-0.2, -0.15) is 0 Å². The molecule has 2 fully saturated rings. The first-order chi connectivity index (χ1) is 13.2. The zero-order valence-corrected chi connectivity index (χ0v) is 18.7. The predicted octanol–water partition coefficient (Wildman–Crippen LogP) is 6.35. The Bertz CT molecular complexity index is 451. The SMILES string of the molecule is CC(C)(OC(=O)CCCCC(=O)OC(C)(C)C1CCCCC1)C1CCCCC1. The Balaban J connectivity index is 1.63. The summed E-state index contributed by atoms with van der Waals surface area (Å²) in [6, 6.07) is 0. The van der Waals surface area contributed by atoms with Crippen LogP contribution in [-0.2, 0) is 19.1 Å². The summed E-state index contributed by atoms with van der Waals surface area (Å²) in [4.78, 5) is 24.5. The maximum absolute atomic E-state index is 12.2. The van der Waals surface area contributed by atoms with Crippen molar-refractivity contribution in [1.82, 2.24) is 0 Å². The molecule has 0 heterocycles. The maximum atomic E-state index is 12.2. The molecule has 0 spiro atoms. The van der Waals surface area contributed by atoms with Crippen LogP contribution in [0.1, 0.15) is 118 Å². The highest BCUT2D eigenvalue weighted by molar-refractivity contribution is 5.71. The Kier molecular flexibility index (Phi) is 8.82. The van der Waals surface area contributed by atoms with Crippen molar-refractivity contribution in [3.8, 4) is 0 Å². The lowest BCUT2D eigenvalue weighted by Gasteiger charge is -2.36. The van der Waals surface area contributed by atoms with E-state index in [0.29, 0.717) is 37.5 Å². The van der Waals surface area contributed by atoms with Crippen molar-refractivity contribution in [1.29, 1.82) is 0 Å². The molecule has 2 aliphatic carbocycles. The van der Waals surface area contributed by atoms with Crippen molar-refractivity contribution in [2.75, 3.05) is 0 Å². The first-order valence-corrected chi connectivity index (χ1v) is 11.6. The minimum absolute atomic E-state index is 0.133. The number of carbonyl (C=O) groups excluding carboxylic acids is 2. The van der Waals surface area contributed by atoms with Crippen molar-refractivity contribution < 1.29 is 19.1 Å². The lowest BCUT2D eigenvalue weighted by atomic mass is 9.79. The molecule has 4 nitrogen and oxygen atoms in total. The van der Waals surface area contributed by atoms with E-state index in [-0.39, 0.29) is 23.1 Å². The van der Waals surface area contributed by atoms with Gasteiger partial charge in [0.1, 0.15) is 11.2 Å². The standard InChI is InChI=1S/C24H42O4/c1-23(2,19-13-7-5-8-14-19)27-21(25)17-11-12-18-22(26)28-24(3,4)20-15-9-6-10-16-20/h19-20H,5-18H2,1-4H3. The Morgan fingerprint density at radius 2 is 0.964 bits per heavy atom. The molecule has 0 saturated heterocycles. The Morgan fingerprint density at radius 3 is 1.29 bits per heavy atom. The van der Waals surface area contributed by atoms with E-state index in [0.717, 1.165) is 25.7 Å². The van der Waals surface area contributed by atoms with E-state index in [1.807, 2.05) is 27.7 Å². The molecule has 0 unspecified atom stereocenters. The average molecular weight is 395 g/mol. The highest BCUT2D eigenvalue weighted by Crippen LogP contribution is 2.36. The molecule has 0 radical (unpaired) electrons. The normalized spacial score (nSPS) is 20.0. The molecular weight excluding hydrogens is 352 g/mol. The third-order valence-electron chi connectivity index (χ3n) is 6.94. The molecule has 0 bridgehead atoms. The predicted molar refractivity (Wildman–Crippen MR) is 112 cm³/mol. The molecule has 2 rings (SSSR count). The summed E-state index contributed by atoms with van der Waals surface area (Å²) in [5.74, 6) is 0.683. The minimum Gasteiger partial charge on any atom is -0.459 e. The van der Waals surface area contributed by atoms with Gasteiger partial charge in [-0.25, -0.2) is 0 Å². The average Bonchev–Trinajstić information content (AvgIpc) is 2.66. The van der Waals surface area contributed by atoms with E-state index in [2.05, 4.69) is 0 Å². The fourth-order valence-electron chi connectivity index (χ4n) is 4.99. The fourth-order valence-corrected chi connectivity index (χ4v) is 4.99. The van der Waals surface area contributed by atoms with Crippen molar-refractivity contribution in [3.63, 3.8) is 0 Å². The number of carbonyl (C=O) groups is 2. The van der Waals surface area contributed by atoms with Crippen LogP contribution in [0.15, 0.2) is 0 Å². The van der Waals surface area contributed by atoms with Crippen LogP contribution in [0, 0.1) is 11.8 Å². The second-order valence-electron chi connectivity index (χ2n) is 10.0. The number of unbranched alkanes of at least 4 members (excludes halogenated alkanes) is 1. The van der Waals surface area contributed by atoms with Gasteiger partial charge in [0.2, 0.25) is 0 Å². The van der Waals surface area contributed by atoms with Gasteiger partial charge in [0.05, 0.1) is 0 Å².